The zero-order valence-corrected chi connectivity index (χ0v) is 31.2. The maximum absolute atomic E-state index is 6.45. The van der Waals surface area contributed by atoms with Crippen LogP contribution < -0.4 is 0 Å². The van der Waals surface area contributed by atoms with Crippen LogP contribution in [0.4, 0.5) is 0 Å². The van der Waals surface area contributed by atoms with Gasteiger partial charge in [-0.2, -0.15) is 0 Å². The molecule has 0 saturated heterocycles. The highest BCUT2D eigenvalue weighted by Crippen LogP contribution is 2.41. The predicted molar refractivity (Wildman–Crippen MR) is 241 cm³/mol. The molecule has 0 fully saturated rings. The van der Waals surface area contributed by atoms with Crippen LogP contribution in [0.3, 0.4) is 0 Å². The second-order valence-electron chi connectivity index (χ2n) is 15.3. The summed E-state index contributed by atoms with van der Waals surface area (Å²) in [7, 11) is 0. The van der Waals surface area contributed by atoms with E-state index in [1.807, 2.05) is 18.2 Å². The summed E-state index contributed by atoms with van der Waals surface area (Å²) >= 11 is 0. The monoisotopic (exact) mass is 740 g/mol. The Kier molecular flexibility index (Phi) is 6.41. The number of fused-ring (bicyclic) bond motifs is 12. The molecule has 4 heterocycles. The minimum atomic E-state index is 0.860. The van der Waals surface area contributed by atoms with Gasteiger partial charge in [0.2, 0.25) is 0 Å². The van der Waals surface area contributed by atoms with Gasteiger partial charge in [0, 0.05) is 54.5 Å². The molecular weight excluding hydrogens is 709 g/mol. The van der Waals surface area contributed by atoms with E-state index in [0.29, 0.717) is 0 Å². The van der Waals surface area contributed by atoms with Crippen LogP contribution in [-0.2, 0) is 0 Å². The summed E-state index contributed by atoms with van der Waals surface area (Å²) in [4.78, 5) is 0. The lowest BCUT2D eigenvalue weighted by Crippen LogP contribution is -1.94. The number of benzene rings is 9. The fraction of sp³-hybridized carbons (Fsp3) is 0. The van der Waals surface area contributed by atoms with E-state index in [4.69, 9.17) is 8.83 Å². The Morgan fingerprint density at radius 1 is 0.241 bits per heavy atom. The first-order chi connectivity index (χ1) is 28.7. The van der Waals surface area contributed by atoms with Crippen LogP contribution in [0.25, 0.3) is 121 Å². The highest BCUT2D eigenvalue weighted by Gasteiger charge is 2.19. The topological polar surface area (TPSA) is 36.1 Å². The Labute approximate surface area is 332 Å². The van der Waals surface area contributed by atoms with Gasteiger partial charge >= 0.3 is 0 Å². The normalized spacial score (nSPS) is 12.1. The molecule has 13 rings (SSSR count). The zero-order valence-electron chi connectivity index (χ0n) is 31.2. The van der Waals surface area contributed by atoms with Gasteiger partial charge in [-0.25, -0.2) is 0 Å². The molecular formula is C54H32N2O2. The van der Waals surface area contributed by atoms with Crippen molar-refractivity contribution in [1.82, 2.24) is 9.13 Å². The van der Waals surface area contributed by atoms with Gasteiger partial charge in [-0.15, -0.1) is 0 Å². The fourth-order valence-corrected chi connectivity index (χ4v) is 9.44. The summed E-state index contributed by atoms with van der Waals surface area (Å²) in [5.41, 5.74) is 15.2. The van der Waals surface area contributed by atoms with Crippen LogP contribution >= 0.6 is 0 Å². The lowest BCUT2D eigenvalue weighted by molar-refractivity contribution is 0.664. The zero-order chi connectivity index (χ0) is 37.9. The van der Waals surface area contributed by atoms with Gasteiger partial charge in [-0.3, -0.25) is 0 Å². The fourth-order valence-electron chi connectivity index (χ4n) is 9.44. The van der Waals surface area contributed by atoms with Gasteiger partial charge < -0.3 is 18.0 Å². The summed E-state index contributed by atoms with van der Waals surface area (Å²) in [5, 5.41) is 9.20. The quantitative estimate of drug-likeness (QED) is 0.180. The van der Waals surface area contributed by atoms with E-state index < -0.39 is 0 Å². The molecule has 0 radical (unpaired) electrons. The van der Waals surface area contributed by atoms with Crippen molar-refractivity contribution in [2.24, 2.45) is 0 Å². The van der Waals surface area contributed by atoms with E-state index in [-0.39, 0.29) is 0 Å². The van der Waals surface area contributed by atoms with Crippen LogP contribution in [0.2, 0.25) is 0 Å². The maximum atomic E-state index is 6.45. The highest BCUT2D eigenvalue weighted by atomic mass is 16.3. The van der Waals surface area contributed by atoms with Gasteiger partial charge in [-0.05, 0) is 107 Å². The first kappa shape index (κ1) is 31.4. The molecule has 0 aliphatic carbocycles. The summed E-state index contributed by atoms with van der Waals surface area (Å²) in [6.07, 6.45) is 0. The SMILES string of the molecule is c1ccc(-c2cccc(-n3c4ccccc4c4cc(-c5ccc6c(c5)c5ccccc5n6-c5ccc6oc7cc8c(cc7c6c5)oc5ccccc58)ccc43)c2)cc1. The average molecular weight is 741 g/mol. The van der Waals surface area contributed by atoms with E-state index >= 15 is 0 Å². The van der Waals surface area contributed by atoms with Crippen molar-refractivity contribution >= 4 is 87.5 Å². The molecule has 0 unspecified atom stereocenters. The van der Waals surface area contributed by atoms with E-state index in [1.165, 1.54) is 54.8 Å². The van der Waals surface area contributed by atoms with Crippen molar-refractivity contribution in [1.29, 1.82) is 0 Å². The minimum Gasteiger partial charge on any atom is -0.456 e. The molecule has 9 aromatic carbocycles. The molecule has 0 bridgehead atoms. The largest absolute Gasteiger partial charge is 0.456 e. The summed E-state index contributed by atoms with van der Waals surface area (Å²) in [5.74, 6) is 0. The second-order valence-corrected chi connectivity index (χ2v) is 15.3. The lowest BCUT2D eigenvalue weighted by Gasteiger charge is -2.11. The minimum absolute atomic E-state index is 0.860. The first-order valence-corrected chi connectivity index (χ1v) is 19.7. The molecule has 0 aliphatic rings. The van der Waals surface area contributed by atoms with E-state index in [9.17, 15) is 0 Å². The first-order valence-electron chi connectivity index (χ1n) is 19.7. The summed E-state index contributed by atoms with van der Waals surface area (Å²) < 4.78 is 17.5. The number of hydrogen-bond donors (Lipinski definition) is 0. The molecule has 4 aromatic heterocycles. The summed E-state index contributed by atoms with van der Waals surface area (Å²) in [6.45, 7) is 0. The number of rotatable bonds is 4. The Morgan fingerprint density at radius 3 is 1.40 bits per heavy atom. The lowest BCUT2D eigenvalue weighted by atomic mass is 10.0. The Hall–Kier alpha value is -7.82. The molecule has 4 nitrogen and oxygen atoms in total. The summed E-state index contributed by atoms with van der Waals surface area (Å²) in [6, 6.07) is 69.7. The third kappa shape index (κ3) is 4.51. The number of para-hydroxylation sites is 3. The molecule has 58 heavy (non-hydrogen) atoms. The standard InChI is InChI=1S/C54H32N2O2/c1-2-11-33(12-3-1)34-13-10-14-37(27-34)55-47-18-7-4-15-39(47)42-28-35(21-24-49(42)55)36-22-25-50-43(29-36)40-16-5-8-19-48(40)56(50)38-23-26-52-44(30-38)46-32-53-45(31-54(46)58-52)41-17-6-9-20-51(41)57-53/h1-32H. The third-order valence-corrected chi connectivity index (χ3v) is 12.1. The Bertz CT molecular complexity index is 3800. The third-order valence-electron chi connectivity index (χ3n) is 12.1. The van der Waals surface area contributed by atoms with Crippen molar-refractivity contribution in [2.75, 3.05) is 0 Å². The van der Waals surface area contributed by atoms with E-state index in [2.05, 4.69) is 185 Å². The van der Waals surface area contributed by atoms with Crippen LogP contribution in [0.1, 0.15) is 0 Å². The van der Waals surface area contributed by atoms with Gasteiger partial charge in [-0.1, -0.05) is 109 Å². The van der Waals surface area contributed by atoms with Gasteiger partial charge in [0.05, 0.1) is 22.1 Å². The highest BCUT2D eigenvalue weighted by molar-refractivity contribution is 6.16. The smallest absolute Gasteiger partial charge is 0.136 e. The van der Waals surface area contributed by atoms with Gasteiger partial charge in [0.25, 0.3) is 0 Å². The van der Waals surface area contributed by atoms with Crippen LogP contribution in [-0.4, -0.2) is 9.13 Å². The Morgan fingerprint density at radius 2 is 0.724 bits per heavy atom. The maximum Gasteiger partial charge on any atom is 0.136 e. The molecule has 270 valence electrons. The van der Waals surface area contributed by atoms with Gasteiger partial charge in [0.1, 0.15) is 22.3 Å². The van der Waals surface area contributed by atoms with Crippen LogP contribution in [0.15, 0.2) is 203 Å². The van der Waals surface area contributed by atoms with Gasteiger partial charge in [0.15, 0.2) is 0 Å². The molecule has 4 heteroatoms. The molecule has 0 saturated carbocycles. The second kappa shape index (κ2) is 11.8. The molecule has 13 aromatic rings. The van der Waals surface area contributed by atoms with Crippen molar-refractivity contribution in [3.05, 3.63) is 194 Å². The number of aromatic nitrogens is 2. The molecule has 0 spiro atoms. The predicted octanol–water partition coefficient (Wildman–Crippen LogP) is 15.0. The number of furan rings is 2. The van der Waals surface area contributed by atoms with Crippen molar-refractivity contribution in [3.8, 4) is 33.6 Å². The number of nitrogens with zero attached hydrogens (tertiary/aromatic N) is 2. The Balaban J connectivity index is 0.954. The van der Waals surface area contributed by atoms with E-state index in [1.54, 1.807) is 0 Å². The van der Waals surface area contributed by atoms with Crippen LogP contribution in [0, 0.1) is 0 Å². The molecule has 0 amide bonds. The van der Waals surface area contributed by atoms with Crippen LogP contribution in [0.5, 0.6) is 0 Å². The molecule has 0 aliphatic heterocycles. The molecule has 0 atom stereocenters. The van der Waals surface area contributed by atoms with Crippen molar-refractivity contribution < 1.29 is 8.83 Å². The van der Waals surface area contributed by atoms with E-state index in [0.717, 1.165) is 66.3 Å². The van der Waals surface area contributed by atoms with Crippen molar-refractivity contribution in [3.63, 3.8) is 0 Å². The van der Waals surface area contributed by atoms with Crippen molar-refractivity contribution in [2.45, 2.75) is 0 Å². The molecule has 0 N–H and O–H groups in total. The number of hydrogen-bond acceptors (Lipinski definition) is 2. The average Bonchev–Trinajstić information content (AvgIpc) is 4.02.